The molecule has 0 aliphatic rings. The molecular formula is C9H16N4O3. The van der Waals surface area contributed by atoms with Crippen LogP contribution in [0.5, 0.6) is 0 Å². The van der Waals surface area contributed by atoms with Crippen LogP contribution in [0.2, 0.25) is 0 Å². The van der Waals surface area contributed by atoms with Crippen LogP contribution in [-0.2, 0) is 16.1 Å². The van der Waals surface area contributed by atoms with Crippen molar-refractivity contribution in [3.63, 3.8) is 0 Å². The zero-order valence-corrected chi connectivity index (χ0v) is 9.40. The second-order valence-corrected chi connectivity index (χ2v) is 3.34. The summed E-state index contributed by atoms with van der Waals surface area (Å²) in [4.78, 5) is 15.4. The Balaban J connectivity index is 2.29. The summed E-state index contributed by atoms with van der Waals surface area (Å²) >= 11 is 0. The quantitative estimate of drug-likeness (QED) is 0.671. The van der Waals surface area contributed by atoms with Gasteiger partial charge in [0.25, 0.3) is 0 Å². The van der Waals surface area contributed by atoms with Crippen LogP contribution in [0.3, 0.4) is 0 Å². The van der Waals surface area contributed by atoms with E-state index in [4.69, 9.17) is 15.0 Å². The molecule has 16 heavy (non-hydrogen) atoms. The maximum Gasteiger partial charge on any atom is 0.246 e. The molecule has 0 radical (unpaired) electrons. The van der Waals surface area contributed by atoms with Gasteiger partial charge < -0.3 is 20.3 Å². The third-order valence-corrected chi connectivity index (χ3v) is 1.95. The normalized spacial score (nSPS) is 12.4. The first-order chi connectivity index (χ1) is 7.63. The molecule has 0 aromatic carbocycles. The lowest BCUT2D eigenvalue weighted by atomic mass is 10.2. The van der Waals surface area contributed by atoms with E-state index in [9.17, 15) is 4.79 Å². The van der Waals surface area contributed by atoms with E-state index in [0.29, 0.717) is 24.7 Å². The molecule has 1 amide bonds. The number of nitrogens with one attached hydrogen (secondary N) is 1. The molecule has 1 aromatic heterocycles. The highest BCUT2D eigenvalue weighted by Crippen LogP contribution is 1.95. The fourth-order valence-corrected chi connectivity index (χ4v) is 1.08. The Morgan fingerprint density at radius 3 is 3.00 bits per heavy atom. The van der Waals surface area contributed by atoms with E-state index < -0.39 is 6.04 Å². The topological polar surface area (TPSA) is 103 Å². The zero-order valence-electron chi connectivity index (χ0n) is 9.40. The van der Waals surface area contributed by atoms with Gasteiger partial charge in [0.2, 0.25) is 11.8 Å². The van der Waals surface area contributed by atoms with Crippen LogP contribution in [0.25, 0.3) is 0 Å². The molecule has 1 heterocycles. The Morgan fingerprint density at radius 1 is 1.69 bits per heavy atom. The summed E-state index contributed by atoms with van der Waals surface area (Å²) in [6.45, 7) is 2.35. The highest BCUT2D eigenvalue weighted by Gasteiger charge is 2.13. The summed E-state index contributed by atoms with van der Waals surface area (Å²) in [5, 5.41) is 6.21. The Kier molecular flexibility index (Phi) is 4.87. The maximum atomic E-state index is 11.4. The van der Waals surface area contributed by atoms with Crippen molar-refractivity contribution in [3.8, 4) is 0 Å². The number of nitrogens with zero attached hydrogens (tertiary/aromatic N) is 2. The molecule has 0 aliphatic heterocycles. The first-order valence-corrected chi connectivity index (χ1v) is 4.95. The van der Waals surface area contributed by atoms with E-state index in [-0.39, 0.29) is 12.5 Å². The number of ether oxygens (including phenoxy) is 1. The second kappa shape index (κ2) is 6.19. The molecule has 1 aromatic rings. The van der Waals surface area contributed by atoms with Gasteiger partial charge >= 0.3 is 0 Å². The number of carbonyl (C=O) groups excluding carboxylic acids is 1. The number of aromatic nitrogens is 2. The Morgan fingerprint density at radius 2 is 2.44 bits per heavy atom. The van der Waals surface area contributed by atoms with Crippen LogP contribution in [0.4, 0.5) is 0 Å². The second-order valence-electron chi connectivity index (χ2n) is 3.34. The van der Waals surface area contributed by atoms with Crippen molar-refractivity contribution in [2.45, 2.75) is 25.9 Å². The van der Waals surface area contributed by atoms with Gasteiger partial charge in [0.1, 0.15) is 0 Å². The van der Waals surface area contributed by atoms with Gasteiger partial charge in [-0.2, -0.15) is 4.98 Å². The Bertz CT molecular complexity index is 339. The molecule has 90 valence electrons. The first kappa shape index (κ1) is 12.6. The van der Waals surface area contributed by atoms with E-state index in [0.717, 1.165) is 0 Å². The molecule has 0 saturated carbocycles. The number of hydrogen-bond acceptors (Lipinski definition) is 6. The van der Waals surface area contributed by atoms with Crippen LogP contribution in [0.15, 0.2) is 4.52 Å². The molecule has 1 atom stereocenters. The van der Waals surface area contributed by atoms with Gasteiger partial charge in [-0.05, 0) is 13.3 Å². The molecule has 0 aliphatic carbocycles. The van der Waals surface area contributed by atoms with Gasteiger partial charge in [0.05, 0.1) is 12.6 Å². The maximum absolute atomic E-state index is 11.4. The van der Waals surface area contributed by atoms with E-state index in [1.165, 1.54) is 0 Å². The smallest absolute Gasteiger partial charge is 0.246 e. The highest BCUT2D eigenvalue weighted by molar-refractivity contribution is 5.81. The Labute approximate surface area is 93.3 Å². The van der Waals surface area contributed by atoms with Crippen LogP contribution in [0, 0.1) is 6.92 Å². The number of aryl methyl sites for hydroxylation is 1. The molecule has 7 heteroatoms. The third-order valence-electron chi connectivity index (χ3n) is 1.95. The molecule has 0 spiro atoms. The van der Waals surface area contributed by atoms with E-state index >= 15 is 0 Å². The number of carbonyl (C=O) groups is 1. The van der Waals surface area contributed by atoms with E-state index in [1.54, 1.807) is 14.0 Å². The van der Waals surface area contributed by atoms with Crippen molar-refractivity contribution >= 4 is 5.91 Å². The number of amides is 1. The van der Waals surface area contributed by atoms with Gasteiger partial charge in [-0.25, -0.2) is 0 Å². The van der Waals surface area contributed by atoms with E-state index in [1.807, 2.05) is 0 Å². The van der Waals surface area contributed by atoms with Gasteiger partial charge in [0, 0.05) is 13.7 Å². The Hall–Kier alpha value is -1.47. The van der Waals surface area contributed by atoms with Crippen molar-refractivity contribution in [1.29, 1.82) is 0 Å². The number of hydrogen-bond donors (Lipinski definition) is 2. The van der Waals surface area contributed by atoms with Gasteiger partial charge in [-0.1, -0.05) is 5.16 Å². The lowest BCUT2D eigenvalue weighted by molar-refractivity contribution is -0.123. The molecule has 1 unspecified atom stereocenters. The number of rotatable bonds is 6. The summed E-state index contributed by atoms with van der Waals surface area (Å²) in [5.74, 6) is 0.644. The fourth-order valence-electron chi connectivity index (χ4n) is 1.08. The molecule has 7 nitrogen and oxygen atoms in total. The number of methoxy groups -OCH3 is 1. The van der Waals surface area contributed by atoms with Crippen molar-refractivity contribution < 1.29 is 14.1 Å². The van der Waals surface area contributed by atoms with Crippen molar-refractivity contribution in [3.05, 3.63) is 11.7 Å². The minimum Gasteiger partial charge on any atom is -0.385 e. The lowest BCUT2D eigenvalue weighted by Gasteiger charge is -2.09. The predicted octanol–water partition coefficient (Wildman–Crippen LogP) is -0.642. The first-order valence-electron chi connectivity index (χ1n) is 4.95. The van der Waals surface area contributed by atoms with Crippen molar-refractivity contribution in [2.75, 3.05) is 13.7 Å². The summed E-state index contributed by atoms with van der Waals surface area (Å²) in [5.41, 5.74) is 5.61. The standard InChI is InChI=1S/C9H16N4O3/c1-6-12-8(16-13-6)5-11-9(14)7(10)3-4-15-2/h7H,3-5,10H2,1-2H3,(H,11,14). The molecule has 1 rings (SSSR count). The zero-order chi connectivity index (χ0) is 12.0. The average Bonchev–Trinajstić information content (AvgIpc) is 2.68. The molecule has 0 fully saturated rings. The average molecular weight is 228 g/mol. The summed E-state index contributed by atoms with van der Waals surface area (Å²) in [7, 11) is 1.56. The molecule has 3 N–H and O–H groups in total. The minimum atomic E-state index is -0.580. The molecule has 0 saturated heterocycles. The molecular weight excluding hydrogens is 212 g/mol. The third kappa shape index (κ3) is 3.95. The lowest BCUT2D eigenvalue weighted by Crippen LogP contribution is -2.40. The van der Waals surface area contributed by atoms with Gasteiger partial charge in [0.15, 0.2) is 5.82 Å². The summed E-state index contributed by atoms with van der Waals surface area (Å²) < 4.78 is 9.66. The van der Waals surface area contributed by atoms with Crippen molar-refractivity contribution in [2.24, 2.45) is 5.73 Å². The van der Waals surface area contributed by atoms with Crippen LogP contribution >= 0.6 is 0 Å². The predicted molar refractivity (Wildman–Crippen MR) is 55.4 cm³/mol. The summed E-state index contributed by atoms with van der Waals surface area (Å²) in [6.07, 6.45) is 0.477. The van der Waals surface area contributed by atoms with Crippen LogP contribution in [0.1, 0.15) is 18.1 Å². The van der Waals surface area contributed by atoms with E-state index in [2.05, 4.69) is 15.5 Å². The van der Waals surface area contributed by atoms with Crippen LogP contribution < -0.4 is 11.1 Å². The number of nitrogens with two attached hydrogens (primary N) is 1. The molecule has 0 bridgehead atoms. The monoisotopic (exact) mass is 228 g/mol. The van der Waals surface area contributed by atoms with Crippen molar-refractivity contribution in [1.82, 2.24) is 15.5 Å². The highest BCUT2D eigenvalue weighted by atomic mass is 16.5. The minimum absolute atomic E-state index is 0.195. The fraction of sp³-hybridized carbons (Fsp3) is 0.667. The van der Waals surface area contributed by atoms with Gasteiger partial charge in [-0.3, -0.25) is 4.79 Å². The SMILES string of the molecule is COCCC(N)C(=O)NCc1nc(C)no1. The summed E-state index contributed by atoms with van der Waals surface area (Å²) in [6, 6.07) is -0.580. The van der Waals surface area contributed by atoms with Crippen LogP contribution in [-0.4, -0.2) is 35.8 Å². The largest absolute Gasteiger partial charge is 0.385 e. The van der Waals surface area contributed by atoms with Gasteiger partial charge in [-0.15, -0.1) is 0 Å².